The molecule has 6 rings (SSSR count). The Hall–Kier alpha value is -3.35. The molecular weight excluding hydrogens is 484 g/mol. The topological polar surface area (TPSA) is 53.8 Å². The first kappa shape index (κ1) is 25.9. The number of fused-ring (bicyclic) bond motifs is 1. The van der Waals surface area contributed by atoms with Gasteiger partial charge in [-0.05, 0) is 94.2 Å². The molecule has 1 unspecified atom stereocenters. The van der Waals surface area contributed by atoms with Crippen LogP contribution in [0.1, 0.15) is 32.1 Å². The van der Waals surface area contributed by atoms with Crippen molar-refractivity contribution in [1.82, 2.24) is 14.8 Å². The zero-order valence-corrected chi connectivity index (χ0v) is 23.1. The molecule has 39 heavy (non-hydrogen) atoms. The standard InChI is InChI=1S/C33H40N4O2/c1-36-21-16-25(24-36)14-17-34-29-15-18-35-33-31(29)30(26-8-4-2-5-9-26)32(39-33)27-10-12-28(13-11-27)38-23-22-37-19-6-3-7-20-37/h2,4-5,8-13,15,18,25H,3,6-7,14,16-17,19-24H2,1H3,(H,34,35). The average Bonchev–Trinajstić information content (AvgIpc) is 3.58. The lowest BCUT2D eigenvalue weighted by atomic mass is 9.98. The highest BCUT2D eigenvalue weighted by atomic mass is 16.5. The summed E-state index contributed by atoms with van der Waals surface area (Å²) < 4.78 is 12.6. The van der Waals surface area contributed by atoms with Crippen LogP contribution in [0.4, 0.5) is 5.69 Å². The molecule has 0 bridgehead atoms. The molecule has 0 amide bonds. The first-order chi connectivity index (χ1) is 19.2. The van der Waals surface area contributed by atoms with E-state index in [-0.39, 0.29) is 0 Å². The normalized spacial score (nSPS) is 18.5. The first-order valence-electron chi connectivity index (χ1n) is 14.6. The van der Waals surface area contributed by atoms with E-state index in [0.717, 1.165) is 64.9 Å². The average molecular weight is 525 g/mol. The molecule has 2 saturated heterocycles. The lowest BCUT2D eigenvalue weighted by Gasteiger charge is -2.26. The Morgan fingerprint density at radius 3 is 2.54 bits per heavy atom. The van der Waals surface area contributed by atoms with E-state index < -0.39 is 0 Å². The Labute approximate surface area is 232 Å². The molecule has 2 aromatic heterocycles. The molecule has 0 spiro atoms. The van der Waals surface area contributed by atoms with Gasteiger partial charge in [0.15, 0.2) is 0 Å². The maximum absolute atomic E-state index is 6.47. The first-order valence-corrected chi connectivity index (χ1v) is 14.6. The molecule has 6 heteroatoms. The number of ether oxygens (including phenoxy) is 1. The molecule has 2 aromatic carbocycles. The highest BCUT2D eigenvalue weighted by molar-refractivity contribution is 6.06. The molecule has 4 aromatic rings. The van der Waals surface area contributed by atoms with Crippen molar-refractivity contribution in [2.75, 3.05) is 58.2 Å². The van der Waals surface area contributed by atoms with E-state index >= 15 is 0 Å². The van der Waals surface area contributed by atoms with Crippen LogP contribution in [-0.4, -0.2) is 67.7 Å². The van der Waals surface area contributed by atoms with Gasteiger partial charge in [0.2, 0.25) is 5.71 Å². The highest BCUT2D eigenvalue weighted by Gasteiger charge is 2.22. The van der Waals surface area contributed by atoms with E-state index in [1.54, 1.807) is 0 Å². The van der Waals surface area contributed by atoms with Crippen LogP contribution in [0.3, 0.4) is 0 Å². The predicted molar refractivity (Wildman–Crippen MR) is 159 cm³/mol. The van der Waals surface area contributed by atoms with Gasteiger partial charge in [0.25, 0.3) is 0 Å². The van der Waals surface area contributed by atoms with Gasteiger partial charge in [-0.3, -0.25) is 4.90 Å². The lowest BCUT2D eigenvalue weighted by molar-refractivity contribution is 0.183. The van der Waals surface area contributed by atoms with Gasteiger partial charge in [-0.2, -0.15) is 0 Å². The number of likely N-dealkylation sites (tertiary alicyclic amines) is 2. The molecule has 6 nitrogen and oxygen atoms in total. The van der Waals surface area contributed by atoms with Gasteiger partial charge < -0.3 is 19.4 Å². The molecule has 0 saturated carbocycles. The van der Waals surface area contributed by atoms with Crippen molar-refractivity contribution < 1.29 is 9.15 Å². The van der Waals surface area contributed by atoms with Crippen molar-refractivity contribution in [2.45, 2.75) is 32.1 Å². The van der Waals surface area contributed by atoms with Gasteiger partial charge in [-0.15, -0.1) is 0 Å². The van der Waals surface area contributed by atoms with Gasteiger partial charge in [-0.25, -0.2) is 4.98 Å². The molecule has 2 fully saturated rings. The minimum Gasteiger partial charge on any atom is -0.492 e. The monoisotopic (exact) mass is 524 g/mol. The summed E-state index contributed by atoms with van der Waals surface area (Å²) in [4.78, 5) is 9.56. The summed E-state index contributed by atoms with van der Waals surface area (Å²) in [7, 11) is 2.22. The minimum atomic E-state index is 0.663. The van der Waals surface area contributed by atoms with Crippen LogP contribution in [0.25, 0.3) is 33.6 Å². The van der Waals surface area contributed by atoms with Crippen LogP contribution in [0.2, 0.25) is 0 Å². The Morgan fingerprint density at radius 1 is 0.949 bits per heavy atom. The van der Waals surface area contributed by atoms with Gasteiger partial charge in [-0.1, -0.05) is 36.8 Å². The smallest absolute Gasteiger partial charge is 0.229 e. The van der Waals surface area contributed by atoms with Crippen LogP contribution >= 0.6 is 0 Å². The van der Waals surface area contributed by atoms with Crippen LogP contribution < -0.4 is 10.1 Å². The van der Waals surface area contributed by atoms with E-state index in [1.165, 1.54) is 58.3 Å². The Kier molecular flexibility index (Phi) is 8.12. The third-order valence-corrected chi connectivity index (χ3v) is 8.25. The van der Waals surface area contributed by atoms with E-state index in [9.17, 15) is 0 Å². The maximum Gasteiger partial charge on any atom is 0.229 e. The van der Waals surface area contributed by atoms with Crippen molar-refractivity contribution in [3.05, 3.63) is 66.9 Å². The van der Waals surface area contributed by atoms with Crippen LogP contribution in [0, 0.1) is 5.92 Å². The number of piperidine rings is 1. The van der Waals surface area contributed by atoms with Crippen LogP contribution in [0.5, 0.6) is 5.75 Å². The lowest BCUT2D eigenvalue weighted by Crippen LogP contribution is -2.33. The number of benzene rings is 2. The molecule has 1 atom stereocenters. The number of nitrogens with zero attached hydrogens (tertiary/aromatic N) is 3. The summed E-state index contributed by atoms with van der Waals surface area (Å²) in [5.74, 6) is 2.50. The maximum atomic E-state index is 6.47. The van der Waals surface area contributed by atoms with E-state index in [1.807, 2.05) is 6.20 Å². The van der Waals surface area contributed by atoms with Gasteiger partial charge in [0.05, 0.1) is 5.39 Å². The third kappa shape index (κ3) is 6.13. The largest absolute Gasteiger partial charge is 0.492 e. The van der Waals surface area contributed by atoms with Gasteiger partial charge >= 0.3 is 0 Å². The Morgan fingerprint density at radius 2 is 1.77 bits per heavy atom. The zero-order valence-electron chi connectivity index (χ0n) is 23.1. The highest BCUT2D eigenvalue weighted by Crippen LogP contribution is 2.43. The molecule has 2 aliphatic rings. The summed E-state index contributed by atoms with van der Waals surface area (Å²) in [6.07, 6.45) is 8.26. The number of rotatable bonds is 10. The molecule has 4 heterocycles. The number of hydrogen-bond donors (Lipinski definition) is 1. The molecule has 2 aliphatic heterocycles. The minimum absolute atomic E-state index is 0.663. The fraction of sp³-hybridized carbons (Fsp3) is 0.424. The number of furan rings is 1. The summed E-state index contributed by atoms with van der Waals surface area (Å²) in [6.45, 7) is 7.43. The number of anilines is 1. The van der Waals surface area contributed by atoms with Crippen molar-refractivity contribution >= 4 is 16.8 Å². The second kappa shape index (κ2) is 12.2. The summed E-state index contributed by atoms with van der Waals surface area (Å²) in [5, 5.41) is 4.77. The summed E-state index contributed by atoms with van der Waals surface area (Å²) >= 11 is 0. The number of pyridine rings is 1. The molecular formula is C33H40N4O2. The van der Waals surface area contributed by atoms with E-state index in [2.05, 4.69) is 87.8 Å². The van der Waals surface area contributed by atoms with Crippen molar-refractivity contribution in [3.63, 3.8) is 0 Å². The summed E-state index contributed by atoms with van der Waals surface area (Å²) in [6, 6.07) is 20.9. The predicted octanol–water partition coefficient (Wildman–Crippen LogP) is 6.78. The second-order valence-electron chi connectivity index (χ2n) is 11.1. The fourth-order valence-corrected chi connectivity index (χ4v) is 6.10. The van der Waals surface area contributed by atoms with Gasteiger partial charge in [0.1, 0.15) is 18.1 Å². The molecule has 204 valence electrons. The second-order valence-corrected chi connectivity index (χ2v) is 11.1. The molecule has 1 N–H and O–H groups in total. The van der Waals surface area contributed by atoms with Crippen molar-refractivity contribution in [2.24, 2.45) is 5.92 Å². The third-order valence-electron chi connectivity index (χ3n) is 8.25. The number of nitrogens with one attached hydrogen (secondary N) is 1. The molecule has 0 radical (unpaired) electrons. The summed E-state index contributed by atoms with van der Waals surface area (Å²) in [5.41, 5.74) is 4.98. The SMILES string of the molecule is CN1CCC(CCNc2ccnc3oc(-c4ccc(OCCN5CCCCC5)cc4)c(-c4ccccc4)c23)C1. The zero-order chi connectivity index (χ0) is 26.4. The Balaban J connectivity index is 1.24. The van der Waals surface area contributed by atoms with E-state index in [0.29, 0.717) is 5.71 Å². The fourth-order valence-electron chi connectivity index (χ4n) is 6.10. The van der Waals surface area contributed by atoms with Gasteiger partial charge in [0, 0.05) is 42.6 Å². The van der Waals surface area contributed by atoms with E-state index in [4.69, 9.17) is 9.15 Å². The van der Waals surface area contributed by atoms with Crippen molar-refractivity contribution in [1.29, 1.82) is 0 Å². The number of hydrogen-bond acceptors (Lipinski definition) is 6. The van der Waals surface area contributed by atoms with Crippen LogP contribution in [-0.2, 0) is 0 Å². The van der Waals surface area contributed by atoms with Crippen molar-refractivity contribution in [3.8, 4) is 28.2 Å². The number of aromatic nitrogens is 1. The Bertz CT molecular complexity index is 1350. The molecule has 0 aliphatic carbocycles. The van der Waals surface area contributed by atoms with Crippen LogP contribution in [0.15, 0.2) is 71.3 Å². The quantitative estimate of drug-likeness (QED) is 0.247.